The lowest BCUT2D eigenvalue weighted by molar-refractivity contribution is 0.102. The van der Waals surface area contributed by atoms with E-state index in [0.29, 0.717) is 5.56 Å². The van der Waals surface area contributed by atoms with E-state index >= 15 is 0 Å². The second kappa shape index (κ2) is 6.87. The van der Waals surface area contributed by atoms with Gasteiger partial charge in [0.2, 0.25) is 0 Å². The second-order valence-corrected chi connectivity index (χ2v) is 4.76. The summed E-state index contributed by atoms with van der Waals surface area (Å²) in [6, 6.07) is 15.4. The molecule has 0 aromatic heterocycles. The molecule has 2 rings (SSSR count). The second-order valence-electron chi connectivity index (χ2n) is 4.76. The summed E-state index contributed by atoms with van der Waals surface area (Å²) in [5, 5.41) is 6.25. The fourth-order valence-corrected chi connectivity index (χ4v) is 1.96. The largest absolute Gasteiger partial charge is 0.322 e. The monoisotopic (exact) mass is 268 g/mol. The molecular weight excluding hydrogens is 248 g/mol. The van der Waals surface area contributed by atoms with Crippen molar-refractivity contribution in [1.29, 1.82) is 0 Å². The Balaban J connectivity index is 2.13. The van der Waals surface area contributed by atoms with Crippen LogP contribution in [0.25, 0.3) is 0 Å². The number of carbonyl (C=O) groups is 1. The van der Waals surface area contributed by atoms with Crippen LogP contribution >= 0.6 is 0 Å². The van der Waals surface area contributed by atoms with Gasteiger partial charge in [0.15, 0.2) is 0 Å². The Labute approximate surface area is 120 Å². The van der Waals surface area contributed by atoms with E-state index in [1.54, 1.807) is 0 Å². The predicted molar refractivity (Wildman–Crippen MR) is 83.0 cm³/mol. The lowest BCUT2D eigenvalue weighted by atomic mass is 10.1. The Morgan fingerprint density at radius 1 is 1.05 bits per heavy atom. The van der Waals surface area contributed by atoms with Crippen LogP contribution < -0.4 is 10.6 Å². The first-order chi connectivity index (χ1) is 9.70. The molecule has 2 aromatic carbocycles. The number of anilines is 1. The van der Waals surface area contributed by atoms with Crippen molar-refractivity contribution in [2.45, 2.75) is 20.4 Å². The normalized spacial score (nSPS) is 10.3. The summed E-state index contributed by atoms with van der Waals surface area (Å²) in [6.45, 7) is 5.72. The van der Waals surface area contributed by atoms with E-state index in [0.717, 1.165) is 29.9 Å². The molecule has 0 heterocycles. The molecule has 0 unspecified atom stereocenters. The number of para-hydroxylation sites is 1. The smallest absolute Gasteiger partial charge is 0.255 e. The van der Waals surface area contributed by atoms with Crippen molar-refractivity contribution in [2.75, 3.05) is 11.9 Å². The molecule has 0 spiro atoms. The summed E-state index contributed by atoms with van der Waals surface area (Å²) >= 11 is 0. The van der Waals surface area contributed by atoms with E-state index in [1.807, 2.05) is 55.5 Å². The number of nitrogens with one attached hydrogen (secondary N) is 2. The van der Waals surface area contributed by atoms with Crippen molar-refractivity contribution in [1.82, 2.24) is 5.32 Å². The molecule has 0 saturated carbocycles. The van der Waals surface area contributed by atoms with Crippen molar-refractivity contribution < 1.29 is 4.79 Å². The molecule has 0 saturated heterocycles. The lowest BCUT2D eigenvalue weighted by Crippen LogP contribution is -2.17. The van der Waals surface area contributed by atoms with E-state index in [9.17, 15) is 4.79 Å². The third-order valence-electron chi connectivity index (χ3n) is 3.14. The maximum absolute atomic E-state index is 12.2. The van der Waals surface area contributed by atoms with Crippen molar-refractivity contribution in [3.05, 3.63) is 65.2 Å². The first-order valence-electron chi connectivity index (χ1n) is 6.87. The molecule has 0 bridgehead atoms. The molecule has 0 aliphatic rings. The van der Waals surface area contributed by atoms with E-state index in [-0.39, 0.29) is 5.91 Å². The van der Waals surface area contributed by atoms with E-state index < -0.39 is 0 Å². The fourth-order valence-electron chi connectivity index (χ4n) is 1.96. The molecule has 0 aliphatic carbocycles. The molecular formula is C17H20N2O. The number of carbonyl (C=O) groups excluding carboxylic acids is 1. The summed E-state index contributed by atoms with van der Waals surface area (Å²) in [6.07, 6.45) is 0. The van der Waals surface area contributed by atoms with Crippen molar-refractivity contribution in [3.8, 4) is 0 Å². The first kappa shape index (κ1) is 14.3. The zero-order chi connectivity index (χ0) is 14.4. The highest BCUT2D eigenvalue weighted by Gasteiger charge is 2.08. The van der Waals surface area contributed by atoms with Gasteiger partial charge >= 0.3 is 0 Å². The third kappa shape index (κ3) is 3.68. The van der Waals surface area contributed by atoms with Crippen molar-refractivity contribution in [2.24, 2.45) is 0 Å². The summed E-state index contributed by atoms with van der Waals surface area (Å²) in [5.41, 5.74) is 3.77. The van der Waals surface area contributed by atoms with Gasteiger partial charge in [-0.15, -0.1) is 0 Å². The minimum absolute atomic E-state index is 0.0750. The maximum atomic E-state index is 12.2. The summed E-state index contributed by atoms with van der Waals surface area (Å²) in [4.78, 5) is 12.2. The molecule has 0 radical (unpaired) electrons. The topological polar surface area (TPSA) is 41.1 Å². The van der Waals surface area contributed by atoms with Crippen LogP contribution in [-0.4, -0.2) is 12.5 Å². The molecule has 0 fully saturated rings. The molecule has 1 amide bonds. The van der Waals surface area contributed by atoms with Crippen LogP contribution in [0.5, 0.6) is 0 Å². The molecule has 0 aliphatic heterocycles. The molecule has 20 heavy (non-hydrogen) atoms. The Kier molecular flexibility index (Phi) is 4.91. The highest BCUT2D eigenvalue weighted by atomic mass is 16.1. The predicted octanol–water partition coefficient (Wildman–Crippen LogP) is 3.36. The average Bonchev–Trinajstić information content (AvgIpc) is 2.47. The van der Waals surface area contributed by atoms with Crippen LogP contribution in [0, 0.1) is 6.92 Å². The Hall–Kier alpha value is -2.13. The minimum Gasteiger partial charge on any atom is -0.322 e. The van der Waals surface area contributed by atoms with Crippen LogP contribution in [-0.2, 0) is 6.54 Å². The molecule has 2 aromatic rings. The zero-order valence-electron chi connectivity index (χ0n) is 11.9. The van der Waals surface area contributed by atoms with Crippen molar-refractivity contribution in [3.63, 3.8) is 0 Å². The summed E-state index contributed by atoms with van der Waals surface area (Å²) in [7, 11) is 0. The van der Waals surface area contributed by atoms with Gasteiger partial charge in [-0.2, -0.15) is 0 Å². The Morgan fingerprint density at radius 2 is 1.75 bits per heavy atom. The Bertz CT molecular complexity index is 576. The zero-order valence-corrected chi connectivity index (χ0v) is 11.9. The average molecular weight is 268 g/mol. The highest BCUT2D eigenvalue weighted by Crippen LogP contribution is 2.16. The fraction of sp³-hybridized carbons (Fsp3) is 0.235. The number of amides is 1. The number of hydrogen-bond donors (Lipinski definition) is 2. The van der Waals surface area contributed by atoms with Gasteiger partial charge < -0.3 is 10.6 Å². The minimum atomic E-state index is -0.0750. The molecule has 3 heteroatoms. The van der Waals surface area contributed by atoms with E-state index in [1.165, 1.54) is 0 Å². The van der Waals surface area contributed by atoms with Gasteiger partial charge in [-0.1, -0.05) is 42.8 Å². The first-order valence-corrected chi connectivity index (χ1v) is 6.87. The van der Waals surface area contributed by atoms with Gasteiger partial charge in [0.05, 0.1) is 0 Å². The van der Waals surface area contributed by atoms with Gasteiger partial charge in [0.25, 0.3) is 5.91 Å². The quantitative estimate of drug-likeness (QED) is 0.873. The number of aryl methyl sites for hydroxylation is 1. The lowest BCUT2D eigenvalue weighted by Gasteiger charge is -2.11. The van der Waals surface area contributed by atoms with Crippen LogP contribution in [0.1, 0.15) is 28.4 Å². The number of rotatable bonds is 5. The van der Waals surface area contributed by atoms with Crippen LogP contribution in [0.4, 0.5) is 5.69 Å². The summed E-state index contributed by atoms with van der Waals surface area (Å²) in [5.74, 6) is -0.0750. The van der Waals surface area contributed by atoms with Gasteiger partial charge in [-0.25, -0.2) is 0 Å². The SMILES string of the molecule is CCNCc1ccccc1NC(=O)c1ccc(C)cc1. The van der Waals surface area contributed by atoms with Gasteiger partial charge in [-0.3, -0.25) is 4.79 Å². The molecule has 104 valence electrons. The van der Waals surface area contributed by atoms with Crippen LogP contribution in [0.3, 0.4) is 0 Å². The number of benzene rings is 2. The van der Waals surface area contributed by atoms with Crippen LogP contribution in [0.15, 0.2) is 48.5 Å². The summed E-state index contributed by atoms with van der Waals surface area (Å²) < 4.78 is 0. The molecule has 0 atom stereocenters. The van der Waals surface area contributed by atoms with Gasteiger partial charge in [-0.05, 0) is 37.2 Å². The van der Waals surface area contributed by atoms with E-state index in [2.05, 4.69) is 17.6 Å². The molecule has 2 N–H and O–H groups in total. The van der Waals surface area contributed by atoms with Crippen molar-refractivity contribution >= 4 is 11.6 Å². The van der Waals surface area contributed by atoms with Gasteiger partial charge in [0.1, 0.15) is 0 Å². The maximum Gasteiger partial charge on any atom is 0.255 e. The highest BCUT2D eigenvalue weighted by molar-refractivity contribution is 6.04. The standard InChI is InChI=1S/C17H20N2O/c1-3-18-12-15-6-4-5-7-16(15)19-17(20)14-10-8-13(2)9-11-14/h4-11,18H,3,12H2,1-2H3,(H,19,20). The third-order valence-corrected chi connectivity index (χ3v) is 3.14. The number of hydrogen-bond acceptors (Lipinski definition) is 2. The van der Waals surface area contributed by atoms with E-state index in [4.69, 9.17) is 0 Å². The van der Waals surface area contributed by atoms with Crippen LogP contribution in [0.2, 0.25) is 0 Å². The Morgan fingerprint density at radius 3 is 2.45 bits per heavy atom. The van der Waals surface area contributed by atoms with Gasteiger partial charge in [0, 0.05) is 17.8 Å². The molecule has 3 nitrogen and oxygen atoms in total.